The fraction of sp³-hybridized carbons (Fsp3) is 0.333. The predicted molar refractivity (Wildman–Crippen MR) is 118 cm³/mol. The van der Waals surface area contributed by atoms with Crippen molar-refractivity contribution in [3.63, 3.8) is 0 Å². The van der Waals surface area contributed by atoms with Crippen molar-refractivity contribution in [1.82, 2.24) is 9.55 Å². The number of hydrogen-bond acceptors (Lipinski definition) is 5. The molecule has 1 amide bonds. The van der Waals surface area contributed by atoms with E-state index < -0.39 is 18.5 Å². The Morgan fingerprint density at radius 1 is 1.06 bits per heavy atom. The molecule has 31 heavy (non-hydrogen) atoms. The van der Waals surface area contributed by atoms with Crippen molar-refractivity contribution in [3.05, 3.63) is 69.3 Å². The minimum absolute atomic E-state index is 0.0744. The van der Waals surface area contributed by atoms with Gasteiger partial charge in [-0.25, -0.2) is 9.78 Å². The summed E-state index contributed by atoms with van der Waals surface area (Å²) < 4.78 is 6.91. The van der Waals surface area contributed by atoms with Gasteiger partial charge in [0.15, 0.2) is 6.61 Å². The molecule has 160 valence electrons. The Bertz CT molecular complexity index is 1210. The topological polar surface area (TPSA) is 90.3 Å². The Hall–Kier alpha value is -3.48. The molecule has 0 bridgehead atoms. The Labute approximate surface area is 180 Å². The zero-order valence-corrected chi connectivity index (χ0v) is 17.7. The van der Waals surface area contributed by atoms with Gasteiger partial charge in [-0.05, 0) is 68.1 Å². The molecule has 2 aromatic carbocycles. The first-order valence-corrected chi connectivity index (χ1v) is 10.5. The molecule has 7 heteroatoms. The molecule has 0 radical (unpaired) electrons. The summed E-state index contributed by atoms with van der Waals surface area (Å²) in [7, 11) is 0. The number of nitrogens with zero attached hydrogens (tertiary/aromatic N) is 2. The van der Waals surface area contributed by atoms with Crippen LogP contribution in [0.2, 0.25) is 0 Å². The van der Waals surface area contributed by atoms with E-state index in [1.807, 2.05) is 32.0 Å². The van der Waals surface area contributed by atoms with Gasteiger partial charge in [0.2, 0.25) is 0 Å². The van der Waals surface area contributed by atoms with E-state index in [2.05, 4.69) is 10.3 Å². The first-order valence-electron chi connectivity index (χ1n) is 10.5. The quantitative estimate of drug-likeness (QED) is 0.654. The zero-order chi connectivity index (χ0) is 22.0. The normalized spacial score (nSPS) is 13.4. The second-order valence-corrected chi connectivity index (χ2v) is 8.03. The van der Waals surface area contributed by atoms with E-state index in [-0.39, 0.29) is 11.1 Å². The molecule has 0 fully saturated rings. The second kappa shape index (κ2) is 8.71. The molecule has 0 saturated heterocycles. The first kappa shape index (κ1) is 20.8. The van der Waals surface area contributed by atoms with Crippen LogP contribution in [0.25, 0.3) is 10.9 Å². The van der Waals surface area contributed by atoms with E-state index in [9.17, 15) is 14.4 Å². The number of aryl methyl sites for hydroxylation is 3. The van der Waals surface area contributed by atoms with Gasteiger partial charge < -0.3 is 10.1 Å². The van der Waals surface area contributed by atoms with Gasteiger partial charge in [0.25, 0.3) is 11.5 Å². The van der Waals surface area contributed by atoms with E-state index in [1.165, 1.54) is 0 Å². The molecule has 4 rings (SSSR count). The summed E-state index contributed by atoms with van der Waals surface area (Å²) in [6, 6.07) is 10.4. The number of nitrogens with one attached hydrogen (secondary N) is 1. The number of ether oxygens (including phenoxy) is 1. The third kappa shape index (κ3) is 4.66. The molecule has 3 aromatic rings. The lowest BCUT2D eigenvalue weighted by atomic mass is 10.1. The summed E-state index contributed by atoms with van der Waals surface area (Å²) in [6.07, 6.45) is 3.78. The van der Waals surface area contributed by atoms with Crippen LogP contribution in [0.15, 0.2) is 41.2 Å². The summed E-state index contributed by atoms with van der Waals surface area (Å²) in [4.78, 5) is 42.1. The second-order valence-electron chi connectivity index (χ2n) is 8.03. The van der Waals surface area contributed by atoms with Gasteiger partial charge in [0.05, 0.1) is 16.5 Å². The van der Waals surface area contributed by atoms with Gasteiger partial charge in [0.1, 0.15) is 5.82 Å². The van der Waals surface area contributed by atoms with Gasteiger partial charge in [-0.1, -0.05) is 12.5 Å². The predicted octanol–water partition coefficient (Wildman–Crippen LogP) is 3.54. The van der Waals surface area contributed by atoms with E-state index >= 15 is 0 Å². The fourth-order valence-corrected chi connectivity index (χ4v) is 4.00. The van der Waals surface area contributed by atoms with Crippen LogP contribution in [0.3, 0.4) is 0 Å². The van der Waals surface area contributed by atoms with Crippen molar-refractivity contribution in [2.45, 2.75) is 46.1 Å². The Balaban J connectivity index is 1.47. The van der Waals surface area contributed by atoms with Crippen molar-refractivity contribution in [2.75, 3.05) is 11.9 Å². The molecule has 0 atom stereocenters. The van der Waals surface area contributed by atoms with Crippen LogP contribution in [0.1, 0.15) is 46.6 Å². The molecule has 0 spiro atoms. The van der Waals surface area contributed by atoms with Crippen LogP contribution in [0.4, 0.5) is 5.69 Å². The van der Waals surface area contributed by atoms with Crippen molar-refractivity contribution in [1.29, 1.82) is 0 Å². The van der Waals surface area contributed by atoms with Crippen molar-refractivity contribution in [3.8, 4) is 0 Å². The van der Waals surface area contributed by atoms with E-state index in [4.69, 9.17) is 4.74 Å². The smallest absolute Gasteiger partial charge is 0.338 e. The highest BCUT2D eigenvalue weighted by atomic mass is 16.5. The van der Waals surface area contributed by atoms with Crippen LogP contribution >= 0.6 is 0 Å². The summed E-state index contributed by atoms with van der Waals surface area (Å²) in [5.74, 6) is -0.288. The Kier molecular flexibility index (Phi) is 5.84. The van der Waals surface area contributed by atoms with Gasteiger partial charge in [-0.15, -0.1) is 0 Å². The number of carbonyl (C=O) groups excluding carboxylic acids is 2. The largest absolute Gasteiger partial charge is 0.452 e. The molecular weight excluding hydrogens is 394 g/mol. The average molecular weight is 419 g/mol. The number of benzene rings is 2. The highest BCUT2D eigenvalue weighted by Gasteiger charge is 2.16. The lowest BCUT2D eigenvalue weighted by Crippen LogP contribution is -2.25. The highest BCUT2D eigenvalue weighted by molar-refractivity contribution is 5.97. The molecular formula is C24H25N3O4. The third-order valence-electron chi connectivity index (χ3n) is 5.39. The molecule has 1 aromatic heterocycles. The minimum Gasteiger partial charge on any atom is -0.452 e. The van der Waals surface area contributed by atoms with Crippen molar-refractivity contribution >= 4 is 28.5 Å². The van der Waals surface area contributed by atoms with Crippen LogP contribution in [-0.2, 0) is 22.5 Å². The van der Waals surface area contributed by atoms with E-state index in [0.29, 0.717) is 23.1 Å². The SMILES string of the molecule is Cc1cc(C)cc(NC(=O)COC(=O)c2ccc3c(=O)n4c(nc3c2)CCCCC4)c1. The summed E-state index contributed by atoms with van der Waals surface area (Å²) in [5.41, 5.74) is 3.39. The molecule has 2 heterocycles. The molecule has 0 saturated carbocycles. The number of amides is 1. The lowest BCUT2D eigenvalue weighted by Gasteiger charge is -2.11. The molecule has 7 nitrogen and oxygen atoms in total. The highest BCUT2D eigenvalue weighted by Crippen LogP contribution is 2.17. The maximum Gasteiger partial charge on any atom is 0.338 e. The van der Waals surface area contributed by atoms with Crippen LogP contribution in [-0.4, -0.2) is 28.0 Å². The number of aromatic nitrogens is 2. The van der Waals surface area contributed by atoms with Crippen molar-refractivity contribution in [2.24, 2.45) is 0 Å². The lowest BCUT2D eigenvalue weighted by molar-refractivity contribution is -0.119. The monoisotopic (exact) mass is 419 g/mol. The average Bonchev–Trinajstić information content (AvgIpc) is 2.96. The number of esters is 1. The molecule has 0 unspecified atom stereocenters. The summed E-state index contributed by atoms with van der Waals surface area (Å²) >= 11 is 0. The van der Waals surface area contributed by atoms with Crippen molar-refractivity contribution < 1.29 is 14.3 Å². The maximum atomic E-state index is 12.8. The molecule has 1 N–H and O–H groups in total. The fourth-order valence-electron chi connectivity index (χ4n) is 4.00. The minimum atomic E-state index is -0.630. The number of rotatable bonds is 4. The Morgan fingerprint density at radius 2 is 1.84 bits per heavy atom. The van der Waals surface area contributed by atoms with E-state index in [0.717, 1.165) is 42.6 Å². The molecule has 1 aliphatic rings. The first-order chi connectivity index (χ1) is 14.9. The van der Waals surface area contributed by atoms with Crippen LogP contribution < -0.4 is 10.9 Å². The number of carbonyl (C=O) groups is 2. The standard InChI is InChI=1S/C24H25N3O4/c1-15-10-16(2)12-18(11-15)25-22(28)14-31-24(30)17-7-8-19-20(13-17)26-21-6-4-3-5-9-27(21)23(19)29/h7-8,10-13H,3-6,9,14H2,1-2H3,(H,25,28). The van der Waals surface area contributed by atoms with Crippen LogP contribution in [0, 0.1) is 13.8 Å². The molecule has 1 aliphatic heterocycles. The third-order valence-corrected chi connectivity index (χ3v) is 5.39. The number of hydrogen-bond donors (Lipinski definition) is 1. The number of anilines is 1. The Morgan fingerprint density at radius 3 is 2.61 bits per heavy atom. The summed E-state index contributed by atoms with van der Waals surface area (Å²) in [5, 5.41) is 3.22. The van der Waals surface area contributed by atoms with Gasteiger partial charge in [-0.2, -0.15) is 0 Å². The number of fused-ring (bicyclic) bond motifs is 2. The van der Waals surface area contributed by atoms with Gasteiger partial charge in [0, 0.05) is 18.7 Å². The van der Waals surface area contributed by atoms with Gasteiger partial charge >= 0.3 is 5.97 Å². The van der Waals surface area contributed by atoms with Gasteiger partial charge in [-0.3, -0.25) is 14.2 Å². The zero-order valence-electron chi connectivity index (χ0n) is 17.7. The van der Waals surface area contributed by atoms with Crippen LogP contribution in [0.5, 0.6) is 0 Å². The molecule has 0 aliphatic carbocycles. The summed E-state index contributed by atoms with van der Waals surface area (Å²) in [6.45, 7) is 4.17. The van der Waals surface area contributed by atoms with E-state index in [1.54, 1.807) is 22.8 Å². The maximum absolute atomic E-state index is 12.8.